The summed E-state index contributed by atoms with van der Waals surface area (Å²) >= 11 is 0. The zero-order chi connectivity index (χ0) is 9.42. The topological polar surface area (TPSA) is 40.5 Å². The predicted molar refractivity (Wildman–Crippen MR) is 51.7 cm³/mol. The summed E-state index contributed by atoms with van der Waals surface area (Å²) in [4.78, 5) is 0. The van der Waals surface area contributed by atoms with Crippen molar-refractivity contribution in [3.8, 4) is 11.5 Å². The molecule has 2 nitrogen and oxygen atoms in total. The van der Waals surface area contributed by atoms with Gasteiger partial charge in [-0.3, -0.25) is 0 Å². The molecular weight excluding hydrogens is 164 g/mol. The fourth-order valence-corrected chi connectivity index (χ4v) is 1.40. The minimum atomic E-state index is -0.140. The molecule has 0 aliphatic carbocycles. The Morgan fingerprint density at radius 3 is 2.54 bits per heavy atom. The summed E-state index contributed by atoms with van der Waals surface area (Å²) < 4.78 is 0. The summed E-state index contributed by atoms with van der Waals surface area (Å²) in [5.74, 6) is -0.262. The molecule has 2 aromatic carbocycles. The van der Waals surface area contributed by atoms with E-state index >= 15 is 0 Å². The maximum atomic E-state index is 9.39. The fraction of sp³-hybridized carbons (Fsp3) is 0. The normalized spacial score (nSPS) is 10.5. The van der Waals surface area contributed by atoms with E-state index in [-0.39, 0.29) is 11.5 Å². The predicted octanol–water partition coefficient (Wildman–Crippen LogP) is 2.43. The van der Waals surface area contributed by atoms with Gasteiger partial charge in [0.1, 0.15) is 0 Å². The van der Waals surface area contributed by atoms with Gasteiger partial charge in [0.2, 0.25) is 0 Å². The second-order valence-electron chi connectivity index (χ2n) is 2.94. The number of hydrogen-bond donors (Lipinski definition) is 2. The van der Waals surface area contributed by atoms with Crippen molar-refractivity contribution in [1.82, 2.24) is 0 Å². The van der Waals surface area contributed by atoms with Crippen LogP contribution >= 0.6 is 0 Å². The highest BCUT2D eigenvalue weighted by atomic mass is 16.3. The monoisotopic (exact) mass is 173 g/mol. The fourth-order valence-electron chi connectivity index (χ4n) is 1.40. The van der Waals surface area contributed by atoms with Crippen LogP contribution in [0, 0.1) is 6.92 Å². The molecular formula is C11H9O2. The van der Waals surface area contributed by atoms with Crippen LogP contribution in [0.3, 0.4) is 0 Å². The van der Waals surface area contributed by atoms with Crippen molar-refractivity contribution in [1.29, 1.82) is 0 Å². The number of fused-ring (bicyclic) bond motifs is 1. The molecule has 2 aromatic rings. The first-order chi connectivity index (χ1) is 6.20. The van der Waals surface area contributed by atoms with Crippen LogP contribution in [0.15, 0.2) is 30.3 Å². The smallest absolute Gasteiger partial charge is 0.161 e. The van der Waals surface area contributed by atoms with Gasteiger partial charge in [0.15, 0.2) is 11.5 Å². The van der Waals surface area contributed by atoms with Crippen molar-refractivity contribution in [2.45, 2.75) is 0 Å². The summed E-state index contributed by atoms with van der Waals surface area (Å²) in [6, 6.07) is 8.99. The molecule has 0 saturated heterocycles. The Hall–Kier alpha value is -1.70. The average Bonchev–Trinajstić information content (AvgIpc) is 2.15. The SMILES string of the molecule is [CH2]c1c(O)c(O)cc2ccccc12. The van der Waals surface area contributed by atoms with Crippen molar-refractivity contribution >= 4 is 10.8 Å². The highest BCUT2D eigenvalue weighted by Crippen LogP contribution is 2.34. The lowest BCUT2D eigenvalue weighted by Gasteiger charge is -2.05. The molecule has 0 aromatic heterocycles. The number of phenols is 2. The molecule has 13 heavy (non-hydrogen) atoms. The molecule has 0 heterocycles. The number of aromatic hydroxyl groups is 2. The summed E-state index contributed by atoms with van der Waals surface area (Å²) in [5, 5.41) is 20.4. The third kappa shape index (κ3) is 1.11. The van der Waals surface area contributed by atoms with Crippen LogP contribution in [0.25, 0.3) is 10.8 Å². The van der Waals surface area contributed by atoms with Gasteiger partial charge >= 0.3 is 0 Å². The first-order valence-corrected chi connectivity index (χ1v) is 3.96. The summed E-state index contributed by atoms with van der Waals surface area (Å²) in [6.45, 7) is 3.70. The third-order valence-corrected chi connectivity index (χ3v) is 2.11. The van der Waals surface area contributed by atoms with Gasteiger partial charge in [-0.05, 0) is 23.8 Å². The van der Waals surface area contributed by atoms with E-state index in [0.29, 0.717) is 5.56 Å². The lowest BCUT2D eigenvalue weighted by atomic mass is 10.0. The van der Waals surface area contributed by atoms with Crippen molar-refractivity contribution in [3.05, 3.63) is 42.8 Å². The van der Waals surface area contributed by atoms with E-state index in [4.69, 9.17) is 0 Å². The standard InChI is InChI=1S/C11H9O2/c1-7-9-5-3-2-4-8(9)6-10(12)11(7)13/h2-6,12-13H,1H2. The van der Waals surface area contributed by atoms with Crippen molar-refractivity contribution in [2.75, 3.05) is 0 Å². The van der Waals surface area contributed by atoms with Gasteiger partial charge in [0, 0.05) is 5.56 Å². The van der Waals surface area contributed by atoms with Gasteiger partial charge in [-0.2, -0.15) is 0 Å². The molecule has 0 unspecified atom stereocenters. The van der Waals surface area contributed by atoms with E-state index in [9.17, 15) is 10.2 Å². The van der Waals surface area contributed by atoms with Crippen molar-refractivity contribution < 1.29 is 10.2 Å². The van der Waals surface area contributed by atoms with Gasteiger partial charge in [-0.1, -0.05) is 24.3 Å². The molecule has 2 N–H and O–H groups in total. The molecule has 0 fully saturated rings. The molecule has 2 rings (SSSR count). The molecule has 2 heteroatoms. The van der Waals surface area contributed by atoms with E-state index in [2.05, 4.69) is 6.92 Å². The Bertz CT molecular complexity index is 461. The number of rotatable bonds is 0. The molecule has 0 aliphatic rings. The molecule has 65 valence electrons. The molecule has 0 amide bonds. The summed E-state index contributed by atoms with van der Waals surface area (Å²) in [5.41, 5.74) is 0.468. The van der Waals surface area contributed by atoms with E-state index in [1.54, 1.807) is 0 Å². The minimum absolute atomic E-state index is 0.122. The maximum absolute atomic E-state index is 9.39. The van der Waals surface area contributed by atoms with Crippen LogP contribution in [0.5, 0.6) is 11.5 Å². The van der Waals surface area contributed by atoms with Crippen LogP contribution in [-0.4, -0.2) is 10.2 Å². The number of phenolic OH excluding ortho intramolecular Hbond substituents is 2. The number of benzene rings is 2. The second kappa shape index (κ2) is 2.66. The summed E-state index contributed by atoms with van der Waals surface area (Å²) in [7, 11) is 0. The zero-order valence-corrected chi connectivity index (χ0v) is 6.99. The highest BCUT2D eigenvalue weighted by Gasteiger charge is 2.06. The van der Waals surface area contributed by atoms with Crippen LogP contribution in [0.4, 0.5) is 0 Å². The van der Waals surface area contributed by atoms with E-state index < -0.39 is 0 Å². The van der Waals surface area contributed by atoms with Gasteiger partial charge in [0.05, 0.1) is 0 Å². The first-order valence-electron chi connectivity index (χ1n) is 3.96. The van der Waals surface area contributed by atoms with Crippen molar-refractivity contribution in [3.63, 3.8) is 0 Å². The van der Waals surface area contributed by atoms with Crippen LogP contribution in [0.1, 0.15) is 5.56 Å². The third-order valence-electron chi connectivity index (χ3n) is 2.11. The van der Waals surface area contributed by atoms with Gasteiger partial charge in [-0.25, -0.2) is 0 Å². The highest BCUT2D eigenvalue weighted by molar-refractivity contribution is 5.90. The largest absolute Gasteiger partial charge is 0.504 e. The average molecular weight is 173 g/mol. The van der Waals surface area contributed by atoms with Crippen LogP contribution < -0.4 is 0 Å². The Morgan fingerprint density at radius 2 is 1.77 bits per heavy atom. The van der Waals surface area contributed by atoms with Gasteiger partial charge in [0.25, 0.3) is 0 Å². The van der Waals surface area contributed by atoms with Gasteiger partial charge < -0.3 is 10.2 Å². The number of hydrogen-bond acceptors (Lipinski definition) is 2. The van der Waals surface area contributed by atoms with E-state index in [1.807, 2.05) is 24.3 Å². The Labute approximate surface area is 76.1 Å². The maximum Gasteiger partial charge on any atom is 0.161 e. The second-order valence-corrected chi connectivity index (χ2v) is 2.94. The minimum Gasteiger partial charge on any atom is -0.504 e. The van der Waals surface area contributed by atoms with Crippen molar-refractivity contribution in [2.24, 2.45) is 0 Å². The molecule has 1 radical (unpaired) electrons. The lowest BCUT2D eigenvalue weighted by Crippen LogP contribution is -1.80. The summed E-state index contributed by atoms with van der Waals surface area (Å²) in [6.07, 6.45) is 0. The Balaban J connectivity index is 2.94. The molecule has 0 spiro atoms. The van der Waals surface area contributed by atoms with Crippen LogP contribution in [-0.2, 0) is 0 Å². The Morgan fingerprint density at radius 1 is 1.08 bits per heavy atom. The van der Waals surface area contributed by atoms with E-state index in [0.717, 1.165) is 10.8 Å². The first kappa shape index (κ1) is 7.92. The van der Waals surface area contributed by atoms with Crippen LogP contribution in [0.2, 0.25) is 0 Å². The molecule has 0 saturated carbocycles. The Kier molecular flexibility index (Phi) is 1.62. The molecule has 0 atom stereocenters. The van der Waals surface area contributed by atoms with Gasteiger partial charge in [-0.15, -0.1) is 0 Å². The molecule has 0 aliphatic heterocycles. The molecule has 0 bridgehead atoms. The quantitative estimate of drug-likeness (QED) is 0.600. The lowest BCUT2D eigenvalue weighted by molar-refractivity contribution is 0.403. The van der Waals surface area contributed by atoms with E-state index in [1.165, 1.54) is 6.07 Å². The zero-order valence-electron chi connectivity index (χ0n) is 6.99.